The second kappa shape index (κ2) is 6.06. The van der Waals surface area contributed by atoms with E-state index in [2.05, 4.69) is 34.6 Å². The highest BCUT2D eigenvalue weighted by Gasteiger charge is 2.56. The second-order valence-electron chi connectivity index (χ2n) is 9.34. The molecule has 0 spiro atoms. The molecule has 0 heterocycles. The largest absolute Gasteiger partial charge is 0.343 e. The number of carbonyl (C=O) groups excluding carboxylic acids is 1. The Balaban J connectivity index is 2.20. The molecule has 3 nitrogen and oxygen atoms in total. The maximum Gasteiger partial charge on any atom is 0.256 e. The van der Waals surface area contributed by atoms with Gasteiger partial charge < -0.3 is 9.47 Å². The fourth-order valence-electron chi connectivity index (χ4n) is 6.24. The number of rotatable bonds is 3. The van der Waals surface area contributed by atoms with Crippen molar-refractivity contribution in [2.45, 2.75) is 72.5 Å². The monoisotopic (exact) mass is 346 g/mol. The Kier molecular flexibility index (Phi) is 4.57. The number of allylic oxidation sites excluding steroid dienone is 2. The fourth-order valence-corrected chi connectivity index (χ4v) is 6.24. The molecule has 0 saturated heterocycles. The number of hydrogen-bond acceptors (Lipinski definition) is 3. The van der Waals surface area contributed by atoms with Crippen molar-refractivity contribution in [3.8, 4) is 0 Å². The van der Waals surface area contributed by atoms with Gasteiger partial charge in [0.25, 0.3) is 5.79 Å². The minimum absolute atomic E-state index is 0.0507. The summed E-state index contributed by atoms with van der Waals surface area (Å²) in [6.07, 6.45) is 7.75. The van der Waals surface area contributed by atoms with Crippen molar-refractivity contribution in [3.05, 3.63) is 22.8 Å². The third kappa shape index (κ3) is 2.49. The lowest BCUT2D eigenvalue weighted by Gasteiger charge is -2.57. The maximum absolute atomic E-state index is 13.2. The Hall–Kier alpha value is -0.930. The van der Waals surface area contributed by atoms with Crippen LogP contribution in [-0.2, 0) is 14.3 Å². The maximum atomic E-state index is 13.2. The molecule has 0 bridgehead atoms. The number of ether oxygens (including phenoxy) is 2. The molecule has 140 valence electrons. The molecule has 0 N–H and O–H groups in total. The molecule has 0 unspecified atom stereocenters. The smallest absolute Gasteiger partial charge is 0.256 e. The predicted molar refractivity (Wildman–Crippen MR) is 100 cm³/mol. The van der Waals surface area contributed by atoms with Crippen LogP contribution in [0.1, 0.15) is 66.7 Å². The highest BCUT2D eigenvalue weighted by molar-refractivity contribution is 6.02. The van der Waals surface area contributed by atoms with E-state index in [4.69, 9.17) is 9.47 Å². The molecule has 2 saturated carbocycles. The predicted octanol–water partition coefficient (Wildman–Crippen LogP) is 5.06. The van der Waals surface area contributed by atoms with Gasteiger partial charge in [-0.1, -0.05) is 41.0 Å². The minimum atomic E-state index is -1.24. The number of fused-ring (bicyclic) bond motifs is 3. The van der Waals surface area contributed by atoms with Gasteiger partial charge in [-0.25, -0.2) is 0 Å². The molecule has 0 aliphatic heterocycles. The highest BCUT2D eigenvalue weighted by atomic mass is 16.7. The summed E-state index contributed by atoms with van der Waals surface area (Å²) in [6, 6.07) is 0. The summed E-state index contributed by atoms with van der Waals surface area (Å²) >= 11 is 0. The van der Waals surface area contributed by atoms with Gasteiger partial charge in [-0.2, -0.15) is 0 Å². The summed E-state index contributed by atoms with van der Waals surface area (Å²) in [5, 5.41) is 0. The average molecular weight is 347 g/mol. The molecule has 3 aliphatic carbocycles. The average Bonchev–Trinajstić information content (AvgIpc) is 2.53. The molecular formula is C22H34O3. The lowest BCUT2D eigenvalue weighted by molar-refractivity contribution is -0.189. The molecule has 0 amide bonds. The number of methoxy groups -OCH3 is 2. The molecular weight excluding hydrogens is 312 g/mol. The van der Waals surface area contributed by atoms with Crippen LogP contribution in [0.2, 0.25) is 0 Å². The van der Waals surface area contributed by atoms with Crippen LogP contribution in [0, 0.1) is 22.7 Å². The van der Waals surface area contributed by atoms with E-state index >= 15 is 0 Å². The Morgan fingerprint density at radius 3 is 2.32 bits per heavy atom. The van der Waals surface area contributed by atoms with E-state index in [1.807, 2.05) is 6.08 Å². The van der Waals surface area contributed by atoms with Crippen molar-refractivity contribution in [2.75, 3.05) is 14.2 Å². The third-order valence-electron chi connectivity index (χ3n) is 7.28. The Morgan fingerprint density at radius 1 is 1.12 bits per heavy atom. The lowest BCUT2D eigenvalue weighted by Crippen LogP contribution is -2.52. The highest BCUT2D eigenvalue weighted by Crippen LogP contribution is 2.62. The van der Waals surface area contributed by atoms with Gasteiger partial charge >= 0.3 is 0 Å². The number of carbonyl (C=O) groups is 1. The first-order valence-corrected chi connectivity index (χ1v) is 9.75. The van der Waals surface area contributed by atoms with Crippen LogP contribution < -0.4 is 0 Å². The molecule has 2 atom stereocenters. The van der Waals surface area contributed by atoms with Crippen LogP contribution in [0.15, 0.2) is 22.8 Å². The Morgan fingerprint density at radius 2 is 1.76 bits per heavy atom. The van der Waals surface area contributed by atoms with E-state index in [9.17, 15) is 4.79 Å². The van der Waals surface area contributed by atoms with Crippen molar-refractivity contribution < 1.29 is 14.3 Å². The molecule has 0 aromatic carbocycles. The van der Waals surface area contributed by atoms with Crippen LogP contribution in [-0.4, -0.2) is 25.8 Å². The summed E-state index contributed by atoms with van der Waals surface area (Å²) < 4.78 is 11.4. The first-order chi connectivity index (χ1) is 11.6. The molecule has 25 heavy (non-hydrogen) atoms. The second-order valence-corrected chi connectivity index (χ2v) is 9.34. The van der Waals surface area contributed by atoms with Gasteiger partial charge in [0, 0.05) is 19.8 Å². The van der Waals surface area contributed by atoms with Crippen molar-refractivity contribution in [1.82, 2.24) is 0 Å². The van der Waals surface area contributed by atoms with E-state index in [0.29, 0.717) is 11.3 Å². The normalized spacial score (nSPS) is 33.8. The van der Waals surface area contributed by atoms with Crippen molar-refractivity contribution in [2.24, 2.45) is 22.7 Å². The SMILES string of the molecule is COC1(OC)C(=O)C=C2C(=C1C(C)C)CC[C@H]1C(C)(C)CCC[C@]21C. The zero-order valence-electron chi connectivity index (χ0n) is 17.0. The lowest BCUT2D eigenvalue weighted by atomic mass is 9.48. The summed E-state index contributed by atoms with van der Waals surface area (Å²) in [5.74, 6) is -0.451. The fraction of sp³-hybridized carbons (Fsp3) is 0.773. The number of hydrogen-bond donors (Lipinski definition) is 0. The van der Waals surface area contributed by atoms with Gasteiger partial charge in [-0.05, 0) is 65.6 Å². The van der Waals surface area contributed by atoms with Crippen LogP contribution in [0.4, 0.5) is 0 Å². The summed E-state index contributed by atoms with van der Waals surface area (Å²) in [5.41, 5.74) is 4.06. The van der Waals surface area contributed by atoms with E-state index < -0.39 is 5.79 Å². The van der Waals surface area contributed by atoms with Gasteiger partial charge in [0.05, 0.1) is 0 Å². The Labute approximate surface area is 152 Å². The summed E-state index contributed by atoms with van der Waals surface area (Å²) in [4.78, 5) is 13.2. The molecule has 0 radical (unpaired) electrons. The first kappa shape index (κ1) is 18.8. The van der Waals surface area contributed by atoms with E-state index in [1.54, 1.807) is 14.2 Å². The van der Waals surface area contributed by atoms with Crippen molar-refractivity contribution in [1.29, 1.82) is 0 Å². The van der Waals surface area contributed by atoms with Crippen molar-refractivity contribution >= 4 is 5.78 Å². The van der Waals surface area contributed by atoms with E-state index in [1.165, 1.54) is 36.8 Å². The summed E-state index contributed by atoms with van der Waals surface area (Å²) in [6.45, 7) is 11.5. The van der Waals surface area contributed by atoms with Gasteiger partial charge in [-0.15, -0.1) is 0 Å². The van der Waals surface area contributed by atoms with Gasteiger partial charge in [0.2, 0.25) is 5.78 Å². The third-order valence-corrected chi connectivity index (χ3v) is 7.28. The van der Waals surface area contributed by atoms with Crippen LogP contribution in [0.3, 0.4) is 0 Å². The molecule has 3 rings (SSSR count). The molecule has 0 aromatic heterocycles. The van der Waals surface area contributed by atoms with Crippen molar-refractivity contribution in [3.63, 3.8) is 0 Å². The topological polar surface area (TPSA) is 35.5 Å². The zero-order chi connectivity index (χ0) is 18.6. The minimum Gasteiger partial charge on any atom is -0.343 e. The molecule has 3 heteroatoms. The van der Waals surface area contributed by atoms with Crippen LogP contribution in [0.25, 0.3) is 0 Å². The van der Waals surface area contributed by atoms with E-state index in [0.717, 1.165) is 12.0 Å². The molecule has 2 fully saturated rings. The summed E-state index contributed by atoms with van der Waals surface area (Å²) in [7, 11) is 3.17. The van der Waals surface area contributed by atoms with Gasteiger partial charge in [0.1, 0.15) is 0 Å². The van der Waals surface area contributed by atoms with Crippen LogP contribution >= 0.6 is 0 Å². The quantitative estimate of drug-likeness (QED) is 0.670. The van der Waals surface area contributed by atoms with Gasteiger partial charge in [0.15, 0.2) is 0 Å². The van der Waals surface area contributed by atoms with Crippen LogP contribution in [0.5, 0.6) is 0 Å². The number of ketones is 1. The standard InChI is InChI=1S/C22H34O3/c1-14(2)19-15-9-10-17-20(3,4)11-8-12-21(17,5)16(15)13-18(23)22(19,24-6)25-7/h13-14,17H,8-12H2,1-7H3/t17-,21+/m0/s1. The van der Waals surface area contributed by atoms with Gasteiger partial charge in [-0.3, -0.25) is 4.79 Å². The Bertz CT molecular complexity index is 634. The molecule has 3 aliphatic rings. The van der Waals surface area contributed by atoms with E-state index in [-0.39, 0.29) is 17.1 Å². The molecule has 0 aromatic rings. The zero-order valence-corrected chi connectivity index (χ0v) is 17.0. The first-order valence-electron chi connectivity index (χ1n) is 9.75.